The molecule has 3 rings (SSSR count). The van der Waals surface area contributed by atoms with Crippen molar-refractivity contribution in [1.29, 1.82) is 0 Å². The van der Waals surface area contributed by atoms with Crippen molar-refractivity contribution in [2.24, 2.45) is 7.05 Å². The monoisotopic (exact) mass is 371 g/mol. The molecule has 1 atom stereocenters. The van der Waals surface area contributed by atoms with Gasteiger partial charge in [0, 0.05) is 12.6 Å². The van der Waals surface area contributed by atoms with Crippen molar-refractivity contribution in [3.05, 3.63) is 41.2 Å². The van der Waals surface area contributed by atoms with Crippen molar-refractivity contribution in [2.75, 3.05) is 5.32 Å². The number of nitrogens with zero attached hydrogens (tertiary/aromatic N) is 4. The van der Waals surface area contributed by atoms with Crippen LogP contribution in [-0.4, -0.2) is 31.1 Å². The Labute approximate surface area is 156 Å². The topological polar surface area (TPSA) is 85.8 Å². The van der Waals surface area contributed by atoms with Gasteiger partial charge in [-0.3, -0.25) is 9.48 Å². The number of aryl methyl sites for hydroxylation is 3. The molecule has 2 aromatic heterocycles. The molecule has 0 saturated carbocycles. The molecule has 0 radical (unpaired) electrons. The first-order valence-corrected chi connectivity index (χ1v) is 9.11. The molecule has 0 aliphatic heterocycles. The summed E-state index contributed by atoms with van der Waals surface area (Å²) >= 11 is 1.23. The van der Waals surface area contributed by atoms with Gasteiger partial charge in [0.25, 0.3) is 5.22 Å². The molecule has 0 fully saturated rings. The number of anilines is 1. The average molecular weight is 371 g/mol. The van der Waals surface area contributed by atoms with Crippen LogP contribution in [0.25, 0.3) is 11.5 Å². The Hall–Kier alpha value is -2.61. The van der Waals surface area contributed by atoms with Crippen molar-refractivity contribution in [3.8, 4) is 11.5 Å². The van der Waals surface area contributed by atoms with Crippen LogP contribution in [0.1, 0.15) is 23.9 Å². The number of benzene rings is 1. The van der Waals surface area contributed by atoms with E-state index in [-0.39, 0.29) is 11.2 Å². The second-order valence-electron chi connectivity index (χ2n) is 6.16. The van der Waals surface area contributed by atoms with Gasteiger partial charge >= 0.3 is 0 Å². The zero-order valence-electron chi connectivity index (χ0n) is 15.4. The van der Waals surface area contributed by atoms with Crippen LogP contribution in [0, 0.1) is 20.8 Å². The van der Waals surface area contributed by atoms with E-state index >= 15 is 0 Å². The fourth-order valence-electron chi connectivity index (χ4n) is 2.54. The van der Waals surface area contributed by atoms with E-state index in [0.717, 1.165) is 28.2 Å². The number of thioether (sulfide) groups is 1. The molecular weight excluding hydrogens is 350 g/mol. The molecule has 0 unspecified atom stereocenters. The molecule has 0 bridgehead atoms. The van der Waals surface area contributed by atoms with Crippen LogP contribution in [0.4, 0.5) is 5.69 Å². The van der Waals surface area contributed by atoms with Crippen LogP contribution in [0.2, 0.25) is 0 Å². The van der Waals surface area contributed by atoms with E-state index in [4.69, 9.17) is 4.42 Å². The summed E-state index contributed by atoms with van der Waals surface area (Å²) in [4.78, 5) is 12.5. The first-order valence-electron chi connectivity index (χ1n) is 8.23. The third-order valence-electron chi connectivity index (χ3n) is 4.08. The highest BCUT2D eigenvalue weighted by Gasteiger charge is 2.21. The summed E-state index contributed by atoms with van der Waals surface area (Å²) in [5.41, 5.74) is 4.42. The van der Waals surface area contributed by atoms with Gasteiger partial charge in [0.2, 0.25) is 11.8 Å². The smallest absolute Gasteiger partial charge is 0.277 e. The Bertz CT molecular complexity index is 947. The highest BCUT2D eigenvalue weighted by Crippen LogP contribution is 2.27. The standard InChI is InChI=1S/C18H21N5O2S/c1-10-7-6-8-14(9-10)17-20-21-18(25-17)26-13(4)16(24)19-15-11(2)22-23(5)12(15)3/h6-9,13H,1-5H3,(H,19,24)/t13-/m1/s1. The minimum absolute atomic E-state index is 0.135. The van der Waals surface area contributed by atoms with Crippen LogP contribution in [-0.2, 0) is 11.8 Å². The van der Waals surface area contributed by atoms with E-state index < -0.39 is 0 Å². The number of nitrogens with one attached hydrogen (secondary N) is 1. The minimum Gasteiger partial charge on any atom is -0.411 e. The van der Waals surface area contributed by atoms with Gasteiger partial charge in [-0.05, 0) is 39.8 Å². The van der Waals surface area contributed by atoms with Crippen LogP contribution in [0.5, 0.6) is 0 Å². The fourth-order valence-corrected chi connectivity index (χ4v) is 3.22. The number of carbonyl (C=O) groups excluding carboxylic acids is 1. The van der Waals surface area contributed by atoms with E-state index in [1.54, 1.807) is 11.6 Å². The highest BCUT2D eigenvalue weighted by molar-refractivity contribution is 8.00. The second-order valence-corrected chi connectivity index (χ2v) is 7.45. The summed E-state index contributed by atoms with van der Waals surface area (Å²) in [7, 11) is 1.85. The number of hydrogen-bond acceptors (Lipinski definition) is 6. The lowest BCUT2D eigenvalue weighted by molar-refractivity contribution is -0.115. The molecule has 26 heavy (non-hydrogen) atoms. The maximum atomic E-state index is 12.5. The number of aromatic nitrogens is 4. The maximum Gasteiger partial charge on any atom is 0.277 e. The number of hydrogen-bond donors (Lipinski definition) is 1. The summed E-state index contributed by atoms with van der Waals surface area (Å²) in [6.45, 7) is 7.59. The first-order chi connectivity index (χ1) is 12.3. The van der Waals surface area contributed by atoms with Gasteiger partial charge < -0.3 is 9.73 Å². The Morgan fingerprint density at radius 3 is 2.69 bits per heavy atom. The number of carbonyl (C=O) groups is 1. The predicted molar refractivity (Wildman–Crippen MR) is 101 cm³/mol. The number of amides is 1. The molecule has 136 valence electrons. The largest absolute Gasteiger partial charge is 0.411 e. The third kappa shape index (κ3) is 3.80. The second kappa shape index (κ2) is 7.33. The lowest BCUT2D eigenvalue weighted by atomic mass is 10.1. The van der Waals surface area contributed by atoms with Crippen molar-refractivity contribution < 1.29 is 9.21 Å². The molecule has 1 N–H and O–H groups in total. The molecule has 1 aromatic carbocycles. The SMILES string of the molecule is Cc1cccc(-c2nnc(S[C@H](C)C(=O)Nc3c(C)nn(C)c3C)o2)c1. The quantitative estimate of drug-likeness (QED) is 0.691. The molecule has 0 aliphatic carbocycles. The van der Waals surface area contributed by atoms with Crippen LogP contribution >= 0.6 is 11.8 Å². The van der Waals surface area contributed by atoms with Crippen molar-refractivity contribution in [2.45, 2.75) is 38.2 Å². The van der Waals surface area contributed by atoms with Crippen LogP contribution < -0.4 is 5.32 Å². The van der Waals surface area contributed by atoms with Crippen molar-refractivity contribution >= 4 is 23.4 Å². The summed E-state index contributed by atoms with van der Waals surface area (Å²) in [5.74, 6) is 0.312. The van der Waals surface area contributed by atoms with Gasteiger partial charge in [0.1, 0.15) is 0 Å². The average Bonchev–Trinajstić information content (AvgIpc) is 3.15. The van der Waals surface area contributed by atoms with Crippen molar-refractivity contribution in [1.82, 2.24) is 20.0 Å². The lowest BCUT2D eigenvalue weighted by Gasteiger charge is -2.10. The zero-order chi connectivity index (χ0) is 18.8. The Morgan fingerprint density at radius 2 is 2.04 bits per heavy atom. The Balaban J connectivity index is 1.68. The zero-order valence-corrected chi connectivity index (χ0v) is 16.2. The van der Waals surface area contributed by atoms with E-state index in [1.807, 2.05) is 52.1 Å². The molecule has 2 heterocycles. The Morgan fingerprint density at radius 1 is 1.27 bits per heavy atom. The van der Waals surface area contributed by atoms with Gasteiger partial charge in [0.15, 0.2) is 0 Å². The summed E-state index contributed by atoms with van der Waals surface area (Å²) < 4.78 is 7.44. The van der Waals surface area contributed by atoms with E-state index in [2.05, 4.69) is 20.6 Å². The molecule has 3 aromatic rings. The molecule has 0 spiro atoms. The van der Waals surface area contributed by atoms with Gasteiger partial charge in [-0.1, -0.05) is 29.5 Å². The molecule has 1 amide bonds. The molecular formula is C18H21N5O2S. The Kier molecular flexibility index (Phi) is 5.13. The minimum atomic E-state index is -0.389. The van der Waals surface area contributed by atoms with Crippen molar-refractivity contribution in [3.63, 3.8) is 0 Å². The van der Waals surface area contributed by atoms with E-state index in [0.29, 0.717) is 11.1 Å². The summed E-state index contributed by atoms with van der Waals surface area (Å²) in [6, 6.07) is 7.84. The normalized spacial score (nSPS) is 12.2. The fraction of sp³-hybridized carbons (Fsp3) is 0.333. The third-order valence-corrected chi connectivity index (χ3v) is 5.01. The van der Waals surface area contributed by atoms with Gasteiger partial charge in [-0.2, -0.15) is 5.10 Å². The van der Waals surface area contributed by atoms with Gasteiger partial charge in [-0.15, -0.1) is 10.2 Å². The van der Waals surface area contributed by atoms with Crippen LogP contribution in [0.15, 0.2) is 33.9 Å². The van der Waals surface area contributed by atoms with E-state index in [9.17, 15) is 4.79 Å². The van der Waals surface area contributed by atoms with Crippen LogP contribution in [0.3, 0.4) is 0 Å². The first kappa shape index (κ1) is 18.2. The predicted octanol–water partition coefficient (Wildman–Crippen LogP) is 3.51. The van der Waals surface area contributed by atoms with Gasteiger partial charge in [0.05, 0.1) is 22.3 Å². The van der Waals surface area contributed by atoms with E-state index in [1.165, 1.54) is 11.8 Å². The number of rotatable bonds is 5. The maximum absolute atomic E-state index is 12.5. The molecule has 0 aliphatic rings. The summed E-state index contributed by atoms with van der Waals surface area (Å²) in [5, 5.41) is 15.3. The van der Waals surface area contributed by atoms with Gasteiger partial charge in [-0.25, -0.2) is 0 Å². The lowest BCUT2D eigenvalue weighted by Crippen LogP contribution is -2.23. The summed E-state index contributed by atoms with van der Waals surface area (Å²) in [6.07, 6.45) is 0. The molecule has 8 heteroatoms. The molecule has 7 nitrogen and oxygen atoms in total. The molecule has 0 saturated heterocycles. The highest BCUT2D eigenvalue weighted by atomic mass is 32.2.